The van der Waals surface area contributed by atoms with Crippen LogP contribution in [0.1, 0.15) is 26.7 Å². The lowest BCUT2D eigenvalue weighted by atomic mass is 10.3. The summed E-state index contributed by atoms with van der Waals surface area (Å²) in [7, 11) is -0.0441. The summed E-state index contributed by atoms with van der Waals surface area (Å²) in [4.78, 5) is 12.6. The van der Waals surface area contributed by atoms with Crippen molar-refractivity contribution in [2.75, 3.05) is 32.9 Å². The van der Waals surface area contributed by atoms with Crippen molar-refractivity contribution in [1.82, 2.24) is 10.2 Å². The molecule has 0 heterocycles. The second-order valence-electron chi connectivity index (χ2n) is 4.48. The van der Waals surface area contributed by atoms with Gasteiger partial charge in [-0.15, -0.1) is 0 Å². The molecule has 0 aliphatic carbocycles. The Morgan fingerprint density at radius 3 is 2.21 bits per heavy atom. The minimum Gasteiger partial charge on any atom is -0.352 e. The van der Waals surface area contributed by atoms with E-state index in [1.54, 1.807) is 6.92 Å². The third kappa shape index (κ3) is 19.6. The van der Waals surface area contributed by atoms with Crippen LogP contribution in [0.4, 0.5) is 0 Å². The Kier molecular flexibility index (Phi) is 11.8. The molecule has 0 atom stereocenters. The first kappa shape index (κ1) is 20.4. The quantitative estimate of drug-likeness (QED) is 0.538. The minimum absolute atomic E-state index is 0.0446. The van der Waals surface area contributed by atoms with Crippen LogP contribution in [-0.2, 0) is 14.9 Å². The van der Waals surface area contributed by atoms with Crippen LogP contribution < -0.4 is 5.32 Å². The number of rotatable bonds is 7. The maximum Gasteiger partial charge on any atom is 0.264 e. The molecule has 0 aliphatic rings. The highest BCUT2D eigenvalue weighted by Gasteiger charge is 2.02. The number of nitrogens with one attached hydrogen (secondary N) is 1. The van der Waals surface area contributed by atoms with E-state index in [1.807, 2.05) is 25.9 Å². The zero-order valence-electron chi connectivity index (χ0n) is 12.3. The van der Waals surface area contributed by atoms with Gasteiger partial charge in [-0.1, -0.05) is 13.5 Å². The van der Waals surface area contributed by atoms with Crippen molar-refractivity contribution in [3.63, 3.8) is 0 Å². The van der Waals surface area contributed by atoms with E-state index in [2.05, 4.69) is 11.9 Å². The van der Waals surface area contributed by atoms with Crippen molar-refractivity contribution in [3.8, 4) is 0 Å². The van der Waals surface area contributed by atoms with Crippen molar-refractivity contribution in [1.29, 1.82) is 0 Å². The number of carbonyl (C=O) groups is 1. The third-order valence-corrected chi connectivity index (χ3v) is 2.74. The number of hydrogen-bond acceptors (Lipinski definition) is 4. The molecule has 0 bridgehead atoms. The lowest BCUT2D eigenvalue weighted by Crippen LogP contribution is -2.24. The molecular formula is C12H26N2O4S. The Morgan fingerprint density at radius 1 is 1.37 bits per heavy atom. The molecule has 0 unspecified atom stereocenters. The second kappa shape index (κ2) is 11.0. The molecule has 19 heavy (non-hydrogen) atoms. The largest absolute Gasteiger partial charge is 0.352 e. The molecule has 0 fully saturated rings. The molecule has 114 valence electrons. The van der Waals surface area contributed by atoms with E-state index < -0.39 is 10.1 Å². The van der Waals surface area contributed by atoms with Crippen LogP contribution >= 0.6 is 0 Å². The molecule has 0 rings (SSSR count). The smallest absolute Gasteiger partial charge is 0.264 e. The van der Waals surface area contributed by atoms with Gasteiger partial charge in [0, 0.05) is 12.1 Å². The van der Waals surface area contributed by atoms with Crippen LogP contribution in [0.25, 0.3) is 0 Å². The zero-order valence-corrected chi connectivity index (χ0v) is 13.1. The number of amides is 1. The number of carbonyl (C=O) groups excluding carboxylic acids is 1. The van der Waals surface area contributed by atoms with Crippen LogP contribution in [0.5, 0.6) is 0 Å². The highest BCUT2D eigenvalue weighted by molar-refractivity contribution is 7.85. The van der Waals surface area contributed by atoms with Crippen LogP contribution in [-0.4, -0.2) is 56.7 Å². The zero-order chi connectivity index (χ0) is 15.5. The second-order valence-corrected chi connectivity index (χ2v) is 6.05. The lowest BCUT2D eigenvalue weighted by Gasteiger charge is -2.06. The Morgan fingerprint density at radius 2 is 1.89 bits per heavy atom. The molecule has 0 saturated carbocycles. The fraction of sp³-hybridized carbons (Fsp3) is 0.750. The van der Waals surface area contributed by atoms with Gasteiger partial charge in [0.1, 0.15) is 0 Å². The predicted molar refractivity (Wildman–Crippen MR) is 77.7 cm³/mol. The standard InChI is InChI=1S/C7H13NO.C5H13NO3S/c1-4-5-8-7(9)6(2)3;1-6(2)4-3-5-10(7,8)9/h2,4-5H2,1,3H3,(H,8,9);3-5H2,1-2H3,(H,7,8,9). The fourth-order valence-electron chi connectivity index (χ4n) is 0.953. The van der Waals surface area contributed by atoms with Gasteiger partial charge in [-0.25, -0.2) is 0 Å². The summed E-state index contributed by atoms with van der Waals surface area (Å²) in [6, 6.07) is 0. The molecule has 0 radical (unpaired) electrons. The van der Waals surface area contributed by atoms with E-state index in [-0.39, 0.29) is 11.7 Å². The maximum atomic E-state index is 10.7. The summed E-state index contributed by atoms with van der Waals surface area (Å²) in [5.41, 5.74) is 0.573. The average molecular weight is 294 g/mol. The van der Waals surface area contributed by atoms with E-state index in [0.29, 0.717) is 18.5 Å². The van der Waals surface area contributed by atoms with Gasteiger partial charge in [-0.2, -0.15) is 8.42 Å². The summed E-state index contributed by atoms with van der Waals surface area (Å²) in [5, 5.41) is 2.69. The fourth-order valence-corrected chi connectivity index (χ4v) is 1.45. The summed E-state index contributed by atoms with van der Waals surface area (Å²) >= 11 is 0. The Hall–Kier alpha value is -0.920. The summed E-state index contributed by atoms with van der Waals surface area (Å²) in [5.74, 6) is -0.192. The summed E-state index contributed by atoms with van der Waals surface area (Å²) < 4.78 is 28.6. The van der Waals surface area contributed by atoms with Gasteiger partial charge in [-0.05, 0) is 40.4 Å². The Balaban J connectivity index is 0. The maximum absolute atomic E-state index is 10.7. The van der Waals surface area contributed by atoms with E-state index in [4.69, 9.17) is 4.55 Å². The van der Waals surface area contributed by atoms with Crippen molar-refractivity contribution in [2.45, 2.75) is 26.7 Å². The van der Waals surface area contributed by atoms with Gasteiger partial charge in [0.05, 0.1) is 5.75 Å². The molecule has 0 aromatic heterocycles. The van der Waals surface area contributed by atoms with Crippen LogP contribution in [0.15, 0.2) is 12.2 Å². The molecule has 2 N–H and O–H groups in total. The monoisotopic (exact) mass is 294 g/mol. The van der Waals surface area contributed by atoms with Crippen molar-refractivity contribution in [3.05, 3.63) is 12.2 Å². The van der Waals surface area contributed by atoms with Gasteiger partial charge < -0.3 is 10.2 Å². The minimum atomic E-state index is -3.75. The predicted octanol–water partition coefficient (Wildman–Crippen LogP) is 0.915. The molecule has 6 nitrogen and oxygen atoms in total. The molecule has 7 heteroatoms. The third-order valence-electron chi connectivity index (χ3n) is 1.93. The number of nitrogens with zero attached hydrogens (tertiary/aromatic N) is 1. The normalized spacial score (nSPS) is 10.6. The summed E-state index contributed by atoms with van der Waals surface area (Å²) in [6.45, 7) is 8.63. The Labute approximate surface area is 116 Å². The van der Waals surface area contributed by atoms with Crippen molar-refractivity contribution >= 4 is 16.0 Å². The van der Waals surface area contributed by atoms with Gasteiger partial charge >= 0.3 is 0 Å². The molecule has 0 saturated heterocycles. The highest BCUT2D eigenvalue weighted by Crippen LogP contribution is 1.89. The van der Waals surface area contributed by atoms with E-state index in [0.717, 1.165) is 13.0 Å². The average Bonchev–Trinajstić information content (AvgIpc) is 2.24. The van der Waals surface area contributed by atoms with Gasteiger partial charge in [0.25, 0.3) is 10.1 Å². The van der Waals surface area contributed by atoms with Crippen LogP contribution in [0, 0.1) is 0 Å². The van der Waals surface area contributed by atoms with Gasteiger partial charge in [-0.3, -0.25) is 9.35 Å². The topological polar surface area (TPSA) is 86.7 Å². The van der Waals surface area contributed by atoms with Crippen molar-refractivity contribution in [2.24, 2.45) is 0 Å². The van der Waals surface area contributed by atoms with E-state index in [1.165, 1.54) is 0 Å². The van der Waals surface area contributed by atoms with Gasteiger partial charge in [0.2, 0.25) is 5.91 Å². The van der Waals surface area contributed by atoms with E-state index >= 15 is 0 Å². The molecule has 0 aromatic rings. The lowest BCUT2D eigenvalue weighted by molar-refractivity contribution is -0.117. The molecule has 1 amide bonds. The summed E-state index contributed by atoms with van der Waals surface area (Å²) in [6.07, 6.45) is 1.45. The van der Waals surface area contributed by atoms with E-state index in [9.17, 15) is 13.2 Å². The Bertz CT molecular complexity index is 364. The van der Waals surface area contributed by atoms with Crippen molar-refractivity contribution < 1.29 is 17.8 Å². The molecular weight excluding hydrogens is 268 g/mol. The first-order chi connectivity index (χ1) is 8.60. The first-order valence-corrected chi connectivity index (χ1v) is 7.74. The molecule has 0 spiro atoms. The number of hydrogen-bond donors (Lipinski definition) is 2. The SMILES string of the molecule is C=C(C)C(=O)NCCC.CN(C)CCCS(=O)(=O)O. The molecule has 0 aromatic carbocycles. The first-order valence-electron chi connectivity index (χ1n) is 6.13. The van der Waals surface area contributed by atoms with Crippen LogP contribution in [0.2, 0.25) is 0 Å². The molecule has 0 aliphatic heterocycles. The highest BCUT2D eigenvalue weighted by atomic mass is 32.2. The van der Waals surface area contributed by atoms with Gasteiger partial charge in [0.15, 0.2) is 0 Å². The van der Waals surface area contributed by atoms with Crippen LogP contribution in [0.3, 0.4) is 0 Å².